The molecule has 0 radical (unpaired) electrons. The molecule has 2 bridgehead atoms. The zero-order valence-corrected chi connectivity index (χ0v) is 7.79. The van der Waals surface area contributed by atoms with Crippen molar-refractivity contribution in [1.29, 1.82) is 0 Å². The first-order valence-corrected chi connectivity index (χ1v) is 4.87. The molecule has 0 spiro atoms. The monoisotopic (exact) mass is 180 g/mol. The Morgan fingerprint density at radius 2 is 2.08 bits per heavy atom. The van der Waals surface area contributed by atoms with Crippen LogP contribution in [-0.4, -0.2) is 24.4 Å². The Bertz CT molecular complexity index is 348. The van der Waals surface area contributed by atoms with E-state index in [2.05, 4.69) is 13.8 Å². The zero-order valence-electron chi connectivity index (χ0n) is 7.79. The van der Waals surface area contributed by atoms with Gasteiger partial charge in [0.05, 0.1) is 19.1 Å². The van der Waals surface area contributed by atoms with Crippen molar-refractivity contribution in [3.63, 3.8) is 0 Å². The molecule has 0 amide bonds. The van der Waals surface area contributed by atoms with Gasteiger partial charge in [-0.1, -0.05) is 0 Å². The summed E-state index contributed by atoms with van der Waals surface area (Å²) in [4.78, 5) is 0. The van der Waals surface area contributed by atoms with Gasteiger partial charge in [-0.15, -0.1) is 0 Å². The minimum Gasteiger partial charge on any atom is -0.483 e. The summed E-state index contributed by atoms with van der Waals surface area (Å²) in [6.07, 6.45) is 0. The van der Waals surface area contributed by atoms with Crippen LogP contribution in [0.3, 0.4) is 0 Å². The topological polar surface area (TPSA) is 31.0 Å². The molecular formula is C10H12O3. The van der Waals surface area contributed by atoms with Gasteiger partial charge >= 0.3 is 0 Å². The van der Waals surface area contributed by atoms with Gasteiger partial charge in [0.25, 0.3) is 0 Å². The van der Waals surface area contributed by atoms with Crippen molar-refractivity contribution < 1.29 is 14.2 Å². The Labute approximate surface area is 76.7 Å². The molecule has 70 valence electrons. The number of rotatable bonds is 0. The number of ether oxygens (including phenoxy) is 3. The molecule has 3 nitrogen and oxygen atoms in total. The molecule has 0 aromatic carbocycles. The van der Waals surface area contributed by atoms with Gasteiger partial charge in [-0.3, -0.25) is 0 Å². The lowest BCUT2D eigenvalue weighted by molar-refractivity contribution is -0.0497. The maximum atomic E-state index is 5.97. The fourth-order valence-electron chi connectivity index (χ4n) is 3.19. The first kappa shape index (κ1) is 6.71. The van der Waals surface area contributed by atoms with Crippen molar-refractivity contribution in [2.45, 2.75) is 25.0 Å². The summed E-state index contributed by atoms with van der Waals surface area (Å²) in [7, 11) is 0. The fourth-order valence-corrected chi connectivity index (χ4v) is 3.19. The molecule has 3 saturated heterocycles. The minimum absolute atomic E-state index is 0.114. The summed E-state index contributed by atoms with van der Waals surface area (Å²) in [5.41, 5.74) is -0.254. The molecule has 4 aliphatic rings. The highest BCUT2D eigenvalue weighted by Gasteiger charge is 2.79. The second-order valence-electron chi connectivity index (χ2n) is 4.79. The molecule has 3 fully saturated rings. The van der Waals surface area contributed by atoms with Crippen molar-refractivity contribution in [1.82, 2.24) is 0 Å². The van der Waals surface area contributed by atoms with Gasteiger partial charge in [0, 0.05) is 5.92 Å². The highest BCUT2D eigenvalue weighted by molar-refractivity contribution is 5.45. The third-order valence-corrected chi connectivity index (χ3v) is 4.32. The van der Waals surface area contributed by atoms with Crippen molar-refractivity contribution in [2.75, 3.05) is 13.2 Å². The molecule has 0 unspecified atom stereocenters. The Balaban J connectivity index is 1.96. The van der Waals surface area contributed by atoms with E-state index in [0.717, 1.165) is 24.7 Å². The van der Waals surface area contributed by atoms with E-state index in [0.29, 0.717) is 11.8 Å². The molecule has 0 N–H and O–H groups in total. The highest BCUT2D eigenvalue weighted by Crippen LogP contribution is 2.69. The minimum atomic E-state index is -0.140. The molecule has 4 heterocycles. The molecule has 0 aromatic heterocycles. The average molecular weight is 180 g/mol. The Morgan fingerprint density at radius 3 is 2.92 bits per heavy atom. The van der Waals surface area contributed by atoms with Crippen LogP contribution >= 0.6 is 0 Å². The largest absolute Gasteiger partial charge is 0.483 e. The lowest BCUT2D eigenvalue weighted by Crippen LogP contribution is -2.46. The molecule has 0 aromatic rings. The van der Waals surface area contributed by atoms with Crippen molar-refractivity contribution in [3.8, 4) is 0 Å². The van der Waals surface area contributed by atoms with Gasteiger partial charge < -0.3 is 14.2 Å². The molecule has 4 atom stereocenters. The van der Waals surface area contributed by atoms with E-state index in [4.69, 9.17) is 14.2 Å². The Morgan fingerprint density at radius 1 is 1.23 bits per heavy atom. The standard InChI is InChI=1S/C10H12O3/c1-9-6-4-11-3-5(6)7(12-9)8-10(9,2)13-8/h5-6H,3-4H2,1-2H3/t5-,6+,9+,10-/m0/s1. The van der Waals surface area contributed by atoms with Crippen LogP contribution in [0.5, 0.6) is 0 Å². The van der Waals surface area contributed by atoms with E-state index in [1.807, 2.05) is 0 Å². The highest BCUT2D eigenvalue weighted by atomic mass is 16.7. The van der Waals surface area contributed by atoms with E-state index >= 15 is 0 Å². The summed E-state index contributed by atoms with van der Waals surface area (Å²) in [5.74, 6) is 3.18. The van der Waals surface area contributed by atoms with Gasteiger partial charge in [-0.05, 0) is 13.8 Å². The summed E-state index contributed by atoms with van der Waals surface area (Å²) >= 11 is 0. The van der Waals surface area contributed by atoms with Gasteiger partial charge in [-0.25, -0.2) is 0 Å². The van der Waals surface area contributed by atoms with Gasteiger partial charge in [0.2, 0.25) is 5.60 Å². The average Bonchev–Trinajstić information content (AvgIpc) is 2.47. The van der Waals surface area contributed by atoms with Crippen LogP contribution in [0, 0.1) is 11.8 Å². The van der Waals surface area contributed by atoms with Gasteiger partial charge in [-0.2, -0.15) is 0 Å². The molecular weight excluding hydrogens is 168 g/mol. The van der Waals surface area contributed by atoms with Crippen LogP contribution in [-0.2, 0) is 14.2 Å². The summed E-state index contributed by atoms with van der Waals surface area (Å²) in [5, 5.41) is 0. The van der Waals surface area contributed by atoms with Crippen LogP contribution in [0.2, 0.25) is 0 Å². The fraction of sp³-hybridized carbons (Fsp3) is 0.800. The smallest absolute Gasteiger partial charge is 0.205 e. The van der Waals surface area contributed by atoms with Gasteiger partial charge in [0.1, 0.15) is 5.76 Å². The molecule has 4 rings (SSSR count). The second-order valence-corrected chi connectivity index (χ2v) is 4.79. The molecule has 13 heavy (non-hydrogen) atoms. The van der Waals surface area contributed by atoms with Crippen molar-refractivity contribution in [2.24, 2.45) is 11.8 Å². The number of hydrogen-bond acceptors (Lipinski definition) is 3. The first-order chi connectivity index (χ1) is 6.17. The Kier molecular flexibility index (Phi) is 0.773. The second kappa shape index (κ2) is 1.50. The Hall–Kier alpha value is -0.700. The van der Waals surface area contributed by atoms with E-state index in [1.54, 1.807) is 0 Å². The first-order valence-electron chi connectivity index (χ1n) is 4.87. The molecule has 4 aliphatic heterocycles. The SMILES string of the molecule is C[C@]12OC1=C1O[C@]2(C)[C@@H]2COC[C@H]12. The van der Waals surface area contributed by atoms with Gasteiger partial charge in [0.15, 0.2) is 11.4 Å². The molecule has 3 heteroatoms. The maximum Gasteiger partial charge on any atom is 0.205 e. The maximum absolute atomic E-state index is 5.97. The molecule has 0 saturated carbocycles. The van der Waals surface area contributed by atoms with Crippen LogP contribution in [0.1, 0.15) is 13.8 Å². The third kappa shape index (κ3) is 0.456. The van der Waals surface area contributed by atoms with E-state index < -0.39 is 0 Å². The summed E-state index contributed by atoms with van der Waals surface area (Å²) in [6, 6.07) is 0. The van der Waals surface area contributed by atoms with Crippen LogP contribution in [0.25, 0.3) is 0 Å². The van der Waals surface area contributed by atoms with Crippen LogP contribution < -0.4 is 0 Å². The van der Waals surface area contributed by atoms with E-state index in [-0.39, 0.29) is 11.2 Å². The number of fused-ring (bicyclic) bond motifs is 7. The number of epoxide rings is 1. The lowest BCUT2D eigenvalue weighted by atomic mass is 9.72. The third-order valence-electron chi connectivity index (χ3n) is 4.32. The normalized spacial score (nSPS) is 60.2. The van der Waals surface area contributed by atoms with Crippen molar-refractivity contribution in [3.05, 3.63) is 11.5 Å². The zero-order chi connectivity index (χ0) is 8.84. The number of hydrogen-bond donors (Lipinski definition) is 0. The molecule has 0 aliphatic carbocycles. The summed E-state index contributed by atoms with van der Waals surface area (Å²) < 4.78 is 17.1. The predicted molar refractivity (Wildman–Crippen MR) is 43.8 cm³/mol. The lowest BCUT2D eigenvalue weighted by Gasteiger charge is -2.29. The van der Waals surface area contributed by atoms with Crippen molar-refractivity contribution >= 4 is 0 Å². The van der Waals surface area contributed by atoms with Crippen LogP contribution in [0.4, 0.5) is 0 Å². The van der Waals surface area contributed by atoms with E-state index in [1.165, 1.54) is 0 Å². The van der Waals surface area contributed by atoms with Crippen LogP contribution in [0.15, 0.2) is 11.5 Å². The van der Waals surface area contributed by atoms with E-state index in [9.17, 15) is 0 Å². The quantitative estimate of drug-likeness (QED) is 0.522. The summed E-state index contributed by atoms with van der Waals surface area (Å²) in [6.45, 7) is 5.94. The predicted octanol–water partition coefficient (Wildman–Crippen LogP) is 1.05.